The lowest BCUT2D eigenvalue weighted by Crippen LogP contribution is -2.62. The Morgan fingerprint density at radius 2 is 1.79 bits per heavy atom. The molecule has 15 atom stereocenters. The quantitative estimate of drug-likeness (QED) is 0.132. The summed E-state index contributed by atoms with van der Waals surface area (Å²) in [5, 5.41) is 33.6. The normalized spacial score (nSPS) is 38.3. The van der Waals surface area contributed by atoms with Crippen LogP contribution in [0.3, 0.4) is 0 Å². The molecule has 6 fully saturated rings. The van der Waals surface area contributed by atoms with Crippen LogP contribution in [0.2, 0.25) is 0 Å². The molecular formula is C44H82N6O6. The molecule has 0 aromatic heterocycles. The van der Waals surface area contributed by atoms with E-state index in [0.29, 0.717) is 60.9 Å². The van der Waals surface area contributed by atoms with Crippen LogP contribution < -0.4 is 16.0 Å². The average molecular weight is 791 g/mol. The maximum absolute atomic E-state index is 14.5. The van der Waals surface area contributed by atoms with Crippen molar-refractivity contribution in [3.8, 4) is 0 Å². The van der Waals surface area contributed by atoms with Crippen LogP contribution in [0.5, 0.6) is 0 Å². The Bertz CT molecular complexity index is 1250. The maximum Gasteiger partial charge on any atom is 0.240 e. The van der Waals surface area contributed by atoms with Gasteiger partial charge in [-0.15, -0.1) is 0 Å². The zero-order chi connectivity index (χ0) is 40.9. The second-order valence-electron chi connectivity index (χ2n) is 19.9. The van der Waals surface area contributed by atoms with Crippen LogP contribution in [0.15, 0.2) is 0 Å². The van der Waals surface area contributed by atoms with Crippen LogP contribution in [0.25, 0.3) is 0 Å². The van der Waals surface area contributed by atoms with Crippen molar-refractivity contribution in [2.75, 3.05) is 68.1 Å². The molecule has 1 heterocycles. The average Bonchev–Trinajstić information content (AvgIpc) is 3.53. The van der Waals surface area contributed by atoms with E-state index in [1.54, 1.807) is 6.92 Å². The van der Waals surface area contributed by atoms with Crippen molar-refractivity contribution < 1.29 is 29.4 Å². The van der Waals surface area contributed by atoms with E-state index in [0.717, 1.165) is 70.8 Å². The molecule has 12 nitrogen and oxygen atoms in total. The predicted octanol–water partition coefficient (Wildman–Crippen LogP) is 3.75. The van der Waals surface area contributed by atoms with Crippen molar-refractivity contribution in [2.24, 2.45) is 52.8 Å². The van der Waals surface area contributed by atoms with Gasteiger partial charge in [-0.3, -0.25) is 14.4 Å². The van der Waals surface area contributed by atoms with Gasteiger partial charge in [0.25, 0.3) is 0 Å². The minimum absolute atomic E-state index is 0.0472. The number of nitrogens with zero attached hydrogens (tertiary/aromatic N) is 3. The van der Waals surface area contributed by atoms with Crippen LogP contribution in [-0.2, 0) is 19.2 Å². The van der Waals surface area contributed by atoms with Crippen LogP contribution >= 0.6 is 0 Å². The summed E-state index contributed by atoms with van der Waals surface area (Å²) in [6.07, 6.45) is 9.56. The first-order valence-corrected chi connectivity index (χ1v) is 22.5. The van der Waals surface area contributed by atoms with Gasteiger partial charge in [-0.25, -0.2) is 0 Å². The molecule has 5 N–H and O–H groups in total. The molecule has 5 aliphatic carbocycles. The Morgan fingerprint density at radius 1 is 1.04 bits per heavy atom. The number of fused-ring (bicyclic) bond motifs is 2. The summed E-state index contributed by atoms with van der Waals surface area (Å²) in [7, 11) is 10.4. The van der Waals surface area contributed by atoms with Gasteiger partial charge in [0, 0.05) is 55.5 Å². The number of likely N-dealkylation sites (N-methyl/N-ethyl adjacent to an activating group) is 1. The van der Waals surface area contributed by atoms with E-state index < -0.39 is 24.2 Å². The van der Waals surface area contributed by atoms with Gasteiger partial charge in [0.1, 0.15) is 12.1 Å². The number of nitrogens with one attached hydrogen (secondary N) is 3. The lowest BCUT2D eigenvalue weighted by Gasteiger charge is -2.62. The molecule has 0 radical (unpaired) electrons. The van der Waals surface area contributed by atoms with E-state index in [-0.39, 0.29) is 48.3 Å². The molecule has 56 heavy (non-hydrogen) atoms. The van der Waals surface area contributed by atoms with E-state index in [1.807, 2.05) is 12.1 Å². The van der Waals surface area contributed by atoms with Crippen molar-refractivity contribution >= 4 is 11.8 Å². The molecule has 2 amide bonds. The first-order chi connectivity index (χ1) is 26.6. The van der Waals surface area contributed by atoms with E-state index in [1.165, 1.54) is 6.42 Å². The number of hydroxylamine groups is 2. The van der Waals surface area contributed by atoms with Crippen molar-refractivity contribution in [1.29, 1.82) is 0 Å². The zero-order valence-corrected chi connectivity index (χ0v) is 36.8. The van der Waals surface area contributed by atoms with Gasteiger partial charge in [0.2, 0.25) is 11.8 Å². The number of aliphatic hydroxyl groups excluding tert-OH is 2. The topological polar surface area (TPSA) is 139 Å². The summed E-state index contributed by atoms with van der Waals surface area (Å²) in [5.74, 6) is 1.72. The largest absolute Gasteiger partial charge is 0.394 e. The first-order valence-electron chi connectivity index (χ1n) is 22.5. The fourth-order valence-electron chi connectivity index (χ4n) is 12.0. The van der Waals surface area contributed by atoms with Gasteiger partial charge >= 0.3 is 0 Å². The third kappa shape index (κ3) is 10.5. The Balaban J connectivity index is 1.34. The monoisotopic (exact) mass is 791 g/mol. The summed E-state index contributed by atoms with van der Waals surface area (Å²) >= 11 is 0. The van der Waals surface area contributed by atoms with Crippen LogP contribution in [0.4, 0.5) is 0 Å². The van der Waals surface area contributed by atoms with Crippen molar-refractivity contribution in [2.45, 2.75) is 148 Å². The Hall–Kier alpha value is -1.38. The molecular weight excluding hydrogens is 709 g/mol. The van der Waals surface area contributed by atoms with Crippen molar-refractivity contribution in [1.82, 2.24) is 30.8 Å². The number of hydrogen-bond acceptors (Lipinski definition) is 10. The second kappa shape index (κ2) is 20.3. The third-order valence-electron chi connectivity index (χ3n) is 15.6. The zero-order valence-electron chi connectivity index (χ0n) is 36.8. The highest BCUT2D eigenvalue weighted by Crippen LogP contribution is 2.61. The molecule has 12 heteroatoms. The second-order valence-corrected chi connectivity index (χ2v) is 19.9. The van der Waals surface area contributed by atoms with Gasteiger partial charge < -0.3 is 40.7 Å². The van der Waals surface area contributed by atoms with E-state index in [2.05, 4.69) is 81.6 Å². The molecule has 6 rings (SSSR count). The van der Waals surface area contributed by atoms with Crippen molar-refractivity contribution in [3.05, 3.63) is 0 Å². The van der Waals surface area contributed by atoms with Crippen LogP contribution in [0, 0.1) is 52.8 Å². The number of ether oxygens (including phenoxy) is 1. The fraction of sp³-hybridized carbons (Fsp3) is 0.955. The van der Waals surface area contributed by atoms with Crippen molar-refractivity contribution in [3.63, 3.8) is 0 Å². The molecule has 6 aliphatic rings. The molecule has 7 unspecified atom stereocenters. The summed E-state index contributed by atoms with van der Waals surface area (Å²) in [6, 6.07) is 0.0977. The Labute approximate surface area is 339 Å². The molecule has 2 bridgehead atoms. The predicted molar refractivity (Wildman–Crippen MR) is 222 cm³/mol. The molecule has 0 aromatic carbocycles. The summed E-state index contributed by atoms with van der Waals surface area (Å²) in [5.41, 5.74) is 0.311. The summed E-state index contributed by atoms with van der Waals surface area (Å²) in [4.78, 5) is 39.2. The van der Waals surface area contributed by atoms with Gasteiger partial charge in [-0.2, -0.15) is 5.06 Å². The number of aliphatic hydroxyl groups is 2. The lowest BCUT2D eigenvalue weighted by atomic mass is 9.45. The van der Waals surface area contributed by atoms with Gasteiger partial charge in [-0.05, 0) is 135 Å². The molecule has 5 saturated carbocycles. The van der Waals surface area contributed by atoms with Crippen LogP contribution in [0.1, 0.15) is 105 Å². The van der Waals surface area contributed by atoms with E-state index in [4.69, 9.17) is 9.57 Å². The Morgan fingerprint density at radius 3 is 2.39 bits per heavy atom. The fourth-order valence-corrected chi connectivity index (χ4v) is 12.0. The van der Waals surface area contributed by atoms with E-state index >= 15 is 0 Å². The highest BCUT2D eigenvalue weighted by molar-refractivity contribution is 5.83. The third-order valence-corrected chi connectivity index (χ3v) is 15.6. The summed E-state index contributed by atoms with van der Waals surface area (Å²) < 4.78 is 6.95. The minimum Gasteiger partial charge on any atom is -0.394 e. The molecule has 324 valence electrons. The number of carbonyl (C=O) groups excluding carboxylic acids is 2. The molecule has 0 aromatic rings. The number of hydrogen-bond donors (Lipinski definition) is 5. The number of carbonyl (C=O) groups is 2. The number of rotatable bonds is 19. The highest BCUT2D eigenvalue weighted by Gasteiger charge is 2.58. The minimum atomic E-state index is -0.834. The maximum atomic E-state index is 14.5. The molecule has 0 spiro atoms. The smallest absolute Gasteiger partial charge is 0.240 e. The lowest BCUT2D eigenvalue weighted by molar-refractivity contribution is -0.195. The standard InChI is InChI=1S/C44H82N6O6/c1-11-13-33(45-6)16-17-46-42(53)31-20-30(21-34(22-31)49(9)10)35-15-12-14-29(41(35)55-19-18-48(7)8)25-50-40(39(28(3)52)38(26-51)56-50)43(54)47-37-24-32-23-36(27(37)2)44(32,4)5/h27-41,45,51-52H,11-26H2,1-10H3,(H,46,53)(H,47,54)/t27-,28-,29?,30?,31?,32+,33?,34?,35?,36-,37-,38-,39+,40-,41?/m0/s1. The summed E-state index contributed by atoms with van der Waals surface area (Å²) in [6.45, 7) is 13.2. The molecule has 1 saturated heterocycles. The Kier molecular flexibility index (Phi) is 16.5. The number of amides is 2. The van der Waals surface area contributed by atoms with Gasteiger partial charge in [-0.1, -0.05) is 40.5 Å². The highest BCUT2D eigenvalue weighted by atomic mass is 16.7. The SMILES string of the molecule is CCCC(CCNC(=O)C1CC(C2CCCC(CN3O[C@@H](CO)[C@@H]([C@H](C)O)[C@H]3C(=O)N[C@H]3C[C@H]4C[C@@H]([C@@H]3C)C4(C)C)C2OCCN(C)C)CC(N(C)C)C1)NC. The van der Waals surface area contributed by atoms with Gasteiger partial charge in [0.05, 0.1) is 25.4 Å². The molecule has 1 aliphatic heterocycles. The van der Waals surface area contributed by atoms with Gasteiger partial charge in [0.15, 0.2) is 0 Å². The first kappa shape index (κ1) is 45.7. The van der Waals surface area contributed by atoms with E-state index in [9.17, 15) is 19.8 Å². The van der Waals surface area contributed by atoms with Crippen LogP contribution in [-0.4, -0.2) is 147 Å².